The summed E-state index contributed by atoms with van der Waals surface area (Å²) in [6.07, 6.45) is 0. The van der Waals surface area contributed by atoms with Crippen LogP contribution in [0.25, 0.3) is 0 Å². The lowest BCUT2D eigenvalue weighted by Crippen LogP contribution is -2.09. The van der Waals surface area contributed by atoms with Crippen LogP contribution in [0.5, 0.6) is 0 Å². The van der Waals surface area contributed by atoms with E-state index in [9.17, 15) is 13.2 Å². The SMILES string of the molecule is CC(Nc1cc(Cl)c(F)c(Cl)c1)c1ccc(F)cc1F. The van der Waals surface area contributed by atoms with E-state index in [1.165, 1.54) is 24.3 Å². The third kappa shape index (κ3) is 3.19. The van der Waals surface area contributed by atoms with E-state index in [4.69, 9.17) is 23.2 Å². The second-order valence-corrected chi connectivity index (χ2v) is 5.10. The zero-order valence-electron chi connectivity index (χ0n) is 10.4. The number of benzene rings is 2. The van der Waals surface area contributed by atoms with E-state index in [1.807, 2.05) is 0 Å². The molecule has 0 heterocycles. The molecule has 0 amide bonds. The largest absolute Gasteiger partial charge is 0.378 e. The topological polar surface area (TPSA) is 12.0 Å². The van der Waals surface area contributed by atoms with Crippen molar-refractivity contribution in [3.8, 4) is 0 Å². The van der Waals surface area contributed by atoms with Crippen molar-refractivity contribution < 1.29 is 13.2 Å². The molecule has 0 fully saturated rings. The molecule has 2 aromatic carbocycles. The van der Waals surface area contributed by atoms with Crippen molar-refractivity contribution in [3.05, 3.63) is 63.4 Å². The van der Waals surface area contributed by atoms with Crippen LogP contribution in [0.3, 0.4) is 0 Å². The van der Waals surface area contributed by atoms with Crippen LogP contribution in [0.15, 0.2) is 30.3 Å². The molecule has 0 aliphatic heterocycles. The van der Waals surface area contributed by atoms with E-state index in [2.05, 4.69) is 5.32 Å². The lowest BCUT2D eigenvalue weighted by atomic mass is 10.1. The Balaban J connectivity index is 2.25. The molecule has 106 valence electrons. The summed E-state index contributed by atoms with van der Waals surface area (Å²) in [5.41, 5.74) is 0.723. The first-order chi connectivity index (χ1) is 9.38. The monoisotopic (exact) mass is 319 g/mol. The minimum absolute atomic E-state index is 0.133. The van der Waals surface area contributed by atoms with Crippen molar-refractivity contribution in [3.63, 3.8) is 0 Å². The van der Waals surface area contributed by atoms with Crippen molar-refractivity contribution in [2.75, 3.05) is 5.32 Å². The van der Waals surface area contributed by atoms with Gasteiger partial charge in [-0.2, -0.15) is 0 Å². The van der Waals surface area contributed by atoms with Crippen molar-refractivity contribution >= 4 is 28.9 Å². The maximum absolute atomic E-state index is 13.6. The smallest absolute Gasteiger partial charge is 0.160 e. The molecule has 2 aromatic rings. The van der Waals surface area contributed by atoms with Gasteiger partial charge < -0.3 is 5.32 Å². The summed E-state index contributed by atoms with van der Waals surface area (Å²) in [6.45, 7) is 1.68. The van der Waals surface area contributed by atoms with Gasteiger partial charge in [0.25, 0.3) is 0 Å². The van der Waals surface area contributed by atoms with Gasteiger partial charge in [0.15, 0.2) is 5.82 Å². The van der Waals surface area contributed by atoms with Gasteiger partial charge in [-0.05, 0) is 25.1 Å². The van der Waals surface area contributed by atoms with Crippen molar-refractivity contribution in [1.29, 1.82) is 0 Å². The normalized spacial score (nSPS) is 12.3. The Kier molecular flexibility index (Phi) is 4.45. The Labute approximate surface area is 124 Å². The number of anilines is 1. The summed E-state index contributed by atoms with van der Waals surface area (Å²) in [5, 5.41) is 2.66. The van der Waals surface area contributed by atoms with Gasteiger partial charge in [-0.1, -0.05) is 29.3 Å². The molecule has 0 saturated heterocycles. The van der Waals surface area contributed by atoms with Gasteiger partial charge in [0.2, 0.25) is 0 Å². The molecular formula is C14H10Cl2F3N. The van der Waals surface area contributed by atoms with E-state index in [1.54, 1.807) is 6.92 Å². The number of halogens is 5. The highest BCUT2D eigenvalue weighted by Crippen LogP contribution is 2.30. The van der Waals surface area contributed by atoms with Gasteiger partial charge in [-0.25, -0.2) is 13.2 Å². The third-order valence-electron chi connectivity index (χ3n) is 2.80. The van der Waals surface area contributed by atoms with Crippen molar-refractivity contribution in [2.24, 2.45) is 0 Å². The Bertz CT molecular complexity index is 623. The van der Waals surface area contributed by atoms with Crippen LogP contribution < -0.4 is 5.32 Å². The summed E-state index contributed by atoms with van der Waals surface area (Å²) in [7, 11) is 0. The lowest BCUT2D eigenvalue weighted by molar-refractivity contribution is 0.566. The molecule has 0 saturated carbocycles. The predicted molar refractivity (Wildman–Crippen MR) is 74.8 cm³/mol. The quantitative estimate of drug-likeness (QED) is 0.728. The van der Waals surface area contributed by atoms with E-state index < -0.39 is 23.5 Å². The van der Waals surface area contributed by atoms with Crippen molar-refractivity contribution in [2.45, 2.75) is 13.0 Å². The van der Waals surface area contributed by atoms with Gasteiger partial charge in [0.1, 0.15) is 11.6 Å². The van der Waals surface area contributed by atoms with E-state index >= 15 is 0 Å². The number of rotatable bonds is 3. The first-order valence-electron chi connectivity index (χ1n) is 5.74. The molecule has 1 nitrogen and oxygen atoms in total. The summed E-state index contributed by atoms with van der Waals surface area (Å²) < 4.78 is 39.8. The zero-order chi connectivity index (χ0) is 14.9. The average Bonchev–Trinajstić information content (AvgIpc) is 2.35. The van der Waals surface area contributed by atoms with E-state index in [0.717, 1.165) is 6.07 Å². The van der Waals surface area contributed by atoms with Crippen LogP contribution in [0.4, 0.5) is 18.9 Å². The molecule has 0 aromatic heterocycles. The van der Waals surface area contributed by atoms with E-state index in [-0.39, 0.29) is 15.6 Å². The predicted octanol–water partition coefficient (Wildman–Crippen LogP) is 5.58. The third-order valence-corrected chi connectivity index (χ3v) is 3.35. The summed E-state index contributed by atoms with van der Waals surface area (Å²) in [6, 6.07) is 5.55. The fourth-order valence-corrected chi connectivity index (χ4v) is 2.31. The van der Waals surface area contributed by atoms with Gasteiger partial charge in [-0.15, -0.1) is 0 Å². The summed E-state index contributed by atoms with van der Waals surface area (Å²) in [5.74, 6) is -2.02. The molecule has 20 heavy (non-hydrogen) atoms. The van der Waals surface area contributed by atoms with Crippen LogP contribution in [0, 0.1) is 17.5 Å². The molecule has 2 rings (SSSR count). The highest BCUT2D eigenvalue weighted by atomic mass is 35.5. The molecule has 0 bridgehead atoms. The van der Waals surface area contributed by atoms with Crippen molar-refractivity contribution in [1.82, 2.24) is 0 Å². The molecule has 6 heteroatoms. The van der Waals surface area contributed by atoms with Gasteiger partial charge in [0.05, 0.1) is 16.1 Å². The Morgan fingerprint density at radius 1 is 1.00 bits per heavy atom. The number of hydrogen-bond acceptors (Lipinski definition) is 1. The fourth-order valence-electron chi connectivity index (χ4n) is 1.82. The minimum Gasteiger partial charge on any atom is -0.378 e. The molecule has 1 unspecified atom stereocenters. The van der Waals surface area contributed by atoms with Crippen LogP contribution in [-0.4, -0.2) is 0 Å². The lowest BCUT2D eigenvalue weighted by Gasteiger charge is -2.17. The standard InChI is InChI=1S/C14H10Cl2F3N/c1-7(10-3-2-8(17)4-13(10)18)20-9-5-11(15)14(19)12(16)6-9/h2-7,20H,1H3. The zero-order valence-corrected chi connectivity index (χ0v) is 11.9. The Hall–Kier alpha value is -1.39. The highest BCUT2D eigenvalue weighted by Gasteiger charge is 2.14. The second kappa shape index (κ2) is 5.94. The number of nitrogens with one attached hydrogen (secondary N) is 1. The summed E-state index contributed by atoms with van der Waals surface area (Å²) >= 11 is 11.4. The number of hydrogen-bond donors (Lipinski definition) is 1. The second-order valence-electron chi connectivity index (χ2n) is 4.29. The molecule has 0 aliphatic carbocycles. The molecule has 1 N–H and O–H groups in total. The van der Waals surface area contributed by atoms with Gasteiger partial charge in [0, 0.05) is 17.3 Å². The fraction of sp³-hybridized carbons (Fsp3) is 0.143. The first-order valence-corrected chi connectivity index (χ1v) is 6.50. The maximum Gasteiger partial charge on any atom is 0.160 e. The van der Waals surface area contributed by atoms with Gasteiger partial charge in [-0.3, -0.25) is 0 Å². The molecular weight excluding hydrogens is 310 g/mol. The van der Waals surface area contributed by atoms with E-state index in [0.29, 0.717) is 5.69 Å². The molecule has 0 spiro atoms. The van der Waals surface area contributed by atoms with Crippen LogP contribution >= 0.6 is 23.2 Å². The average molecular weight is 320 g/mol. The highest BCUT2D eigenvalue weighted by molar-refractivity contribution is 6.35. The minimum atomic E-state index is -0.709. The summed E-state index contributed by atoms with van der Waals surface area (Å²) in [4.78, 5) is 0. The molecule has 1 atom stereocenters. The van der Waals surface area contributed by atoms with Gasteiger partial charge >= 0.3 is 0 Å². The van der Waals surface area contributed by atoms with Crippen LogP contribution in [0.1, 0.15) is 18.5 Å². The molecule has 0 aliphatic rings. The van der Waals surface area contributed by atoms with Crippen LogP contribution in [-0.2, 0) is 0 Å². The first kappa shape index (κ1) is 15.0. The van der Waals surface area contributed by atoms with Crippen LogP contribution in [0.2, 0.25) is 10.0 Å². The Morgan fingerprint density at radius 2 is 1.60 bits per heavy atom. The Morgan fingerprint density at radius 3 is 2.15 bits per heavy atom. The maximum atomic E-state index is 13.6. The molecule has 0 radical (unpaired) electrons.